The first kappa shape index (κ1) is 23.1. The van der Waals surface area contributed by atoms with Crippen molar-refractivity contribution in [3.8, 4) is 0 Å². The number of fused-ring (bicyclic) bond motifs is 1. The van der Waals surface area contributed by atoms with Gasteiger partial charge in [-0.1, -0.05) is 48.0 Å². The van der Waals surface area contributed by atoms with E-state index in [-0.39, 0.29) is 27.6 Å². The van der Waals surface area contributed by atoms with Crippen LogP contribution >= 0.6 is 11.6 Å². The summed E-state index contributed by atoms with van der Waals surface area (Å²) in [6, 6.07) is 17.1. The van der Waals surface area contributed by atoms with Crippen molar-refractivity contribution < 1.29 is 24.0 Å². The van der Waals surface area contributed by atoms with E-state index in [9.17, 15) is 24.5 Å². The van der Waals surface area contributed by atoms with E-state index in [1.807, 2.05) is 24.3 Å². The molecule has 0 spiro atoms. The van der Waals surface area contributed by atoms with E-state index in [4.69, 9.17) is 16.3 Å². The van der Waals surface area contributed by atoms with Gasteiger partial charge in [-0.15, -0.1) is 0 Å². The Labute approximate surface area is 199 Å². The Kier molecular flexibility index (Phi) is 6.43. The van der Waals surface area contributed by atoms with E-state index < -0.39 is 28.5 Å². The molecule has 0 saturated carbocycles. The maximum atomic E-state index is 13.1. The number of nitro groups is 1. The summed E-state index contributed by atoms with van der Waals surface area (Å²) in [7, 11) is 0. The lowest BCUT2D eigenvalue weighted by Crippen LogP contribution is -2.39. The highest BCUT2D eigenvalue weighted by Crippen LogP contribution is 2.29. The molecule has 172 valence electrons. The van der Waals surface area contributed by atoms with Gasteiger partial charge < -0.3 is 9.64 Å². The van der Waals surface area contributed by atoms with E-state index in [1.165, 1.54) is 31.2 Å². The van der Waals surface area contributed by atoms with Crippen LogP contribution in [-0.2, 0) is 16.0 Å². The molecule has 34 heavy (non-hydrogen) atoms. The van der Waals surface area contributed by atoms with Gasteiger partial charge in [-0.3, -0.25) is 19.7 Å². The van der Waals surface area contributed by atoms with E-state index in [1.54, 1.807) is 17.0 Å². The number of ketones is 1. The van der Waals surface area contributed by atoms with E-state index in [0.717, 1.165) is 17.3 Å². The number of benzene rings is 3. The smallest absolute Gasteiger partial charge is 0.339 e. The van der Waals surface area contributed by atoms with Crippen molar-refractivity contribution in [3.05, 3.63) is 104 Å². The van der Waals surface area contributed by atoms with Crippen LogP contribution in [0.4, 0.5) is 11.4 Å². The van der Waals surface area contributed by atoms with Gasteiger partial charge in [0.15, 0.2) is 11.9 Å². The average Bonchev–Trinajstić information content (AvgIpc) is 3.27. The van der Waals surface area contributed by atoms with E-state index >= 15 is 0 Å². The summed E-state index contributed by atoms with van der Waals surface area (Å²) in [6.07, 6.45) is -0.369. The molecule has 9 heteroatoms. The Morgan fingerprint density at radius 2 is 1.71 bits per heavy atom. The zero-order valence-electron chi connectivity index (χ0n) is 18.1. The Morgan fingerprint density at radius 1 is 1.03 bits per heavy atom. The summed E-state index contributed by atoms with van der Waals surface area (Å²) in [4.78, 5) is 51.0. The van der Waals surface area contributed by atoms with Gasteiger partial charge in [-0.05, 0) is 43.2 Å². The van der Waals surface area contributed by atoms with Crippen LogP contribution in [0, 0.1) is 10.1 Å². The lowest BCUT2D eigenvalue weighted by atomic mass is 9.98. The maximum absolute atomic E-state index is 13.1. The van der Waals surface area contributed by atoms with Crippen LogP contribution in [0.3, 0.4) is 0 Å². The third-order valence-corrected chi connectivity index (χ3v) is 5.90. The second-order valence-corrected chi connectivity index (χ2v) is 8.12. The molecule has 1 aliphatic rings. The predicted molar refractivity (Wildman–Crippen MR) is 125 cm³/mol. The fourth-order valence-corrected chi connectivity index (χ4v) is 4.06. The standard InChI is InChI=1S/C25H19ClN2O6/c1-15(24(30)27-13-12-16-6-2-5-9-21(16)27)34-25(31)19-8-4-3-7-18(19)23(29)17-10-11-20(26)22(14-17)28(32)33/h2-11,14-15H,12-13H2,1H3. The van der Waals surface area contributed by atoms with Crippen molar-refractivity contribution in [3.63, 3.8) is 0 Å². The van der Waals surface area contributed by atoms with E-state index in [2.05, 4.69) is 0 Å². The Hall–Kier alpha value is -4.04. The Morgan fingerprint density at radius 3 is 2.44 bits per heavy atom. The van der Waals surface area contributed by atoms with Crippen molar-refractivity contribution in [2.24, 2.45) is 0 Å². The summed E-state index contributed by atoms with van der Waals surface area (Å²) >= 11 is 5.83. The first-order chi connectivity index (χ1) is 16.3. The quantitative estimate of drug-likeness (QED) is 0.221. The molecule has 1 aliphatic heterocycles. The molecule has 1 atom stereocenters. The van der Waals surface area contributed by atoms with E-state index in [0.29, 0.717) is 13.0 Å². The number of rotatable bonds is 6. The summed E-state index contributed by atoms with van der Waals surface area (Å²) in [6.45, 7) is 1.97. The SMILES string of the molecule is CC(OC(=O)c1ccccc1C(=O)c1ccc(Cl)c([N+](=O)[O-])c1)C(=O)N1CCc2ccccc21. The molecule has 0 fully saturated rings. The molecule has 0 aromatic heterocycles. The molecule has 1 amide bonds. The zero-order chi connectivity index (χ0) is 24.4. The van der Waals surface area contributed by atoms with Crippen LogP contribution in [-0.4, -0.2) is 35.2 Å². The third-order valence-electron chi connectivity index (χ3n) is 5.58. The minimum Gasteiger partial charge on any atom is -0.449 e. The van der Waals surface area contributed by atoms with Gasteiger partial charge in [0.25, 0.3) is 11.6 Å². The highest BCUT2D eigenvalue weighted by atomic mass is 35.5. The van der Waals surface area contributed by atoms with Crippen molar-refractivity contribution in [1.29, 1.82) is 0 Å². The summed E-state index contributed by atoms with van der Waals surface area (Å²) < 4.78 is 5.42. The fraction of sp³-hybridized carbons (Fsp3) is 0.160. The Balaban J connectivity index is 1.55. The lowest BCUT2D eigenvalue weighted by Gasteiger charge is -2.22. The number of nitro benzene ring substituents is 1. The second-order valence-electron chi connectivity index (χ2n) is 7.71. The summed E-state index contributed by atoms with van der Waals surface area (Å²) in [5.41, 5.74) is 1.35. The van der Waals surface area contributed by atoms with Gasteiger partial charge in [0.05, 0.1) is 10.5 Å². The predicted octanol–water partition coefficient (Wildman–Crippen LogP) is 4.61. The van der Waals surface area contributed by atoms with Crippen molar-refractivity contribution in [2.45, 2.75) is 19.4 Å². The molecule has 0 N–H and O–H groups in total. The molecule has 0 saturated heterocycles. The number of halogens is 1. The second kappa shape index (κ2) is 9.44. The van der Waals surface area contributed by atoms with Gasteiger partial charge in [0, 0.05) is 29.4 Å². The molecule has 0 bridgehead atoms. The largest absolute Gasteiger partial charge is 0.449 e. The van der Waals surface area contributed by atoms with Crippen LogP contribution in [0.15, 0.2) is 66.7 Å². The summed E-state index contributed by atoms with van der Waals surface area (Å²) in [5, 5.41) is 11.1. The molecule has 8 nitrogen and oxygen atoms in total. The third kappa shape index (κ3) is 4.40. The number of carbonyl (C=O) groups excluding carboxylic acids is 3. The van der Waals surface area contributed by atoms with Crippen LogP contribution in [0.25, 0.3) is 0 Å². The molecule has 1 unspecified atom stereocenters. The number of carbonyl (C=O) groups is 3. The lowest BCUT2D eigenvalue weighted by molar-refractivity contribution is -0.384. The van der Waals surface area contributed by atoms with Gasteiger partial charge in [-0.25, -0.2) is 4.79 Å². The topological polar surface area (TPSA) is 107 Å². The fourth-order valence-electron chi connectivity index (χ4n) is 3.87. The first-order valence-electron chi connectivity index (χ1n) is 10.5. The number of anilines is 1. The first-order valence-corrected chi connectivity index (χ1v) is 10.8. The molecular weight excluding hydrogens is 460 g/mol. The van der Waals surface area contributed by atoms with Gasteiger partial charge in [-0.2, -0.15) is 0 Å². The molecule has 1 heterocycles. The number of para-hydroxylation sites is 1. The summed E-state index contributed by atoms with van der Waals surface area (Å²) in [5.74, 6) is -1.82. The van der Waals surface area contributed by atoms with Crippen LogP contribution in [0.1, 0.15) is 38.8 Å². The van der Waals surface area contributed by atoms with Crippen molar-refractivity contribution >= 4 is 40.6 Å². The molecule has 0 radical (unpaired) electrons. The highest BCUT2D eigenvalue weighted by molar-refractivity contribution is 6.33. The maximum Gasteiger partial charge on any atom is 0.339 e. The highest BCUT2D eigenvalue weighted by Gasteiger charge is 2.31. The van der Waals surface area contributed by atoms with Crippen molar-refractivity contribution in [1.82, 2.24) is 0 Å². The molecule has 3 aromatic carbocycles. The minimum atomic E-state index is -1.08. The zero-order valence-corrected chi connectivity index (χ0v) is 18.8. The van der Waals surface area contributed by atoms with Crippen LogP contribution in [0.5, 0.6) is 0 Å². The van der Waals surface area contributed by atoms with Crippen LogP contribution < -0.4 is 4.90 Å². The number of hydrogen-bond acceptors (Lipinski definition) is 6. The number of esters is 1. The minimum absolute atomic E-state index is 0.00436. The number of hydrogen-bond donors (Lipinski definition) is 0. The normalized spacial score (nSPS) is 13.2. The average molecular weight is 479 g/mol. The number of amides is 1. The number of ether oxygens (including phenoxy) is 1. The van der Waals surface area contributed by atoms with Crippen molar-refractivity contribution in [2.75, 3.05) is 11.4 Å². The molecule has 4 rings (SSSR count). The molecular formula is C25H19ClN2O6. The monoisotopic (exact) mass is 478 g/mol. The van der Waals surface area contributed by atoms with Gasteiger partial charge >= 0.3 is 5.97 Å². The van der Waals surface area contributed by atoms with Crippen LogP contribution in [0.2, 0.25) is 5.02 Å². The molecule has 3 aromatic rings. The van der Waals surface area contributed by atoms with Gasteiger partial charge in [0.1, 0.15) is 5.02 Å². The molecule has 0 aliphatic carbocycles. The Bertz CT molecular complexity index is 1320. The number of nitrogens with zero attached hydrogens (tertiary/aromatic N) is 2. The van der Waals surface area contributed by atoms with Gasteiger partial charge in [0.2, 0.25) is 0 Å².